The van der Waals surface area contributed by atoms with Crippen molar-refractivity contribution in [2.75, 3.05) is 69.0 Å². The first-order chi connectivity index (χ1) is 43.1. The van der Waals surface area contributed by atoms with Gasteiger partial charge in [-0.05, 0) is 78.1 Å². The highest BCUT2D eigenvalue weighted by Gasteiger charge is 2.38. The van der Waals surface area contributed by atoms with Gasteiger partial charge >= 0.3 is 6.09 Å². The number of alkyl halides is 2. The summed E-state index contributed by atoms with van der Waals surface area (Å²) in [6.45, 7) is 6.92. The molecular weight excluding hydrogens is 1200 g/mol. The SMILES string of the molecule is CC(=O)Nc1ccc2c3c(cc(OCc4ccccc4)c2c1)N(C(=O)CNC(=O)CNC(=O)c1nc(NC(=O)c2nc(NC(=O)CCC(=O)Nc4ccc5c6c(cc(OCc7ccccc7)c5c4)N(C(=O)OC(C)(C)C)CC6CCl)cn2C)cn1C)CC3CCl. The summed E-state index contributed by atoms with van der Waals surface area (Å²) in [5, 5.41) is 19.0. The fourth-order valence-electron chi connectivity index (χ4n) is 10.8. The van der Waals surface area contributed by atoms with Crippen LogP contribution < -0.4 is 51.2 Å². The van der Waals surface area contributed by atoms with E-state index in [1.807, 2.05) is 78.9 Å². The molecule has 2 atom stereocenters. The highest BCUT2D eigenvalue weighted by molar-refractivity contribution is 6.20. The van der Waals surface area contributed by atoms with E-state index < -0.39 is 60.2 Å². The minimum Gasteiger partial charge on any atom is -0.488 e. The van der Waals surface area contributed by atoms with Gasteiger partial charge in [-0.2, -0.15) is 0 Å². The number of carbonyl (C=O) groups excluding carboxylic acids is 8. The number of anilines is 6. The predicted molar refractivity (Wildman–Crippen MR) is 343 cm³/mol. The molecule has 6 aromatic carbocycles. The average molecular weight is 1260 g/mol. The second-order valence-electron chi connectivity index (χ2n) is 22.8. The lowest BCUT2D eigenvalue weighted by atomic mass is 9.95. The molecule has 90 heavy (non-hydrogen) atoms. The largest absolute Gasteiger partial charge is 0.488 e. The van der Waals surface area contributed by atoms with E-state index in [0.717, 1.165) is 38.4 Å². The van der Waals surface area contributed by atoms with Crippen LogP contribution in [0.3, 0.4) is 0 Å². The van der Waals surface area contributed by atoms with Crippen LogP contribution in [0.25, 0.3) is 21.5 Å². The predicted octanol–water partition coefficient (Wildman–Crippen LogP) is 9.48. The van der Waals surface area contributed by atoms with E-state index in [4.69, 9.17) is 37.4 Å². The number of nitrogens with zero attached hydrogens (tertiary/aromatic N) is 6. The molecule has 0 aliphatic carbocycles. The van der Waals surface area contributed by atoms with E-state index in [9.17, 15) is 38.4 Å². The molecule has 0 fully saturated rings. The molecule has 466 valence electrons. The normalized spacial score (nSPS) is 14.1. The second kappa shape index (κ2) is 27.2. The standard InChI is InChI=1S/C65H66Cl2N12O11/c1-37(80)70-42-17-19-44-46(23-42)50(88-35-38-13-9-7-10-14-38)25-48-58(44)40(27-66)31-78(48)57(84)30-68-56(83)29-69-62(85)60-74-53(34-76(60)5)75-63(86)61-73-52(33-77(61)6)72-55(82)22-21-54(81)71-43-18-20-45-47(24-43)51(89-36-39-15-11-8-12-16-39)26-49-59(45)41(28-67)32-79(49)64(87)90-65(2,3)4/h7-20,23-26,33-34,40-41H,21-22,27-32,35-36H2,1-6H3,(H,68,83)(H,69,85)(H,70,80)(H,71,81)(H,72,82)(H,75,86). The van der Waals surface area contributed by atoms with Gasteiger partial charge in [0.15, 0.2) is 11.6 Å². The van der Waals surface area contributed by atoms with Crippen molar-refractivity contribution in [3.05, 3.63) is 155 Å². The van der Waals surface area contributed by atoms with Crippen LogP contribution in [0.15, 0.2) is 122 Å². The number of imidazole rings is 2. The fourth-order valence-corrected chi connectivity index (χ4v) is 11.4. The van der Waals surface area contributed by atoms with Crippen LogP contribution in [0.5, 0.6) is 11.5 Å². The summed E-state index contributed by atoms with van der Waals surface area (Å²) < 4.78 is 21.2. The molecule has 0 saturated heterocycles. The second-order valence-corrected chi connectivity index (χ2v) is 23.4. The molecule has 2 aromatic heterocycles. The third-order valence-electron chi connectivity index (χ3n) is 14.9. The van der Waals surface area contributed by atoms with E-state index in [0.29, 0.717) is 46.2 Å². The summed E-state index contributed by atoms with van der Waals surface area (Å²) in [5.74, 6) is -3.13. The van der Waals surface area contributed by atoms with Crippen molar-refractivity contribution in [3.63, 3.8) is 0 Å². The Kier molecular flexibility index (Phi) is 19.0. The van der Waals surface area contributed by atoms with Crippen molar-refractivity contribution in [1.29, 1.82) is 0 Å². The lowest BCUT2D eigenvalue weighted by Crippen LogP contribution is -2.43. The molecule has 23 nitrogen and oxygen atoms in total. The third kappa shape index (κ3) is 14.6. The summed E-state index contributed by atoms with van der Waals surface area (Å²) in [4.78, 5) is 117. The van der Waals surface area contributed by atoms with Crippen molar-refractivity contribution in [2.24, 2.45) is 14.1 Å². The molecule has 0 radical (unpaired) electrons. The van der Waals surface area contributed by atoms with Gasteiger partial charge in [-0.15, -0.1) is 23.2 Å². The number of nitrogens with one attached hydrogen (secondary N) is 6. The zero-order chi connectivity index (χ0) is 64.0. The molecule has 0 spiro atoms. The van der Waals surface area contributed by atoms with Crippen LogP contribution in [0.1, 0.15) is 95.9 Å². The van der Waals surface area contributed by atoms with Gasteiger partial charge < -0.3 is 60.1 Å². The Balaban J connectivity index is 0.715. The summed E-state index contributed by atoms with van der Waals surface area (Å²) in [5.41, 5.74) is 5.01. The first kappa shape index (κ1) is 63.0. The Morgan fingerprint density at radius 1 is 0.556 bits per heavy atom. The van der Waals surface area contributed by atoms with Gasteiger partial charge in [-0.1, -0.05) is 72.8 Å². The molecule has 25 heteroatoms. The molecular formula is C65H66Cl2N12O11. The lowest BCUT2D eigenvalue weighted by molar-refractivity contribution is -0.124. The topological polar surface area (TPSA) is 279 Å². The maximum atomic E-state index is 13.9. The van der Waals surface area contributed by atoms with Crippen molar-refractivity contribution < 1.29 is 52.6 Å². The van der Waals surface area contributed by atoms with Gasteiger partial charge in [0.1, 0.15) is 30.3 Å². The molecule has 6 N–H and O–H groups in total. The first-order valence-corrected chi connectivity index (χ1v) is 30.0. The molecule has 2 aliphatic heterocycles. The maximum absolute atomic E-state index is 13.9. The van der Waals surface area contributed by atoms with Gasteiger partial charge in [-0.3, -0.25) is 38.5 Å². The summed E-state index contributed by atoms with van der Waals surface area (Å²) in [7, 11) is 3.06. The van der Waals surface area contributed by atoms with E-state index in [2.05, 4.69) is 41.9 Å². The molecule has 2 unspecified atom stereocenters. The number of rotatable bonds is 21. The zero-order valence-electron chi connectivity index (χ0n) is 50.2. The van der Waals surface area contributed by atoms with Crippen molar-refractivity contribution in [1.82, 2.24) is 29.7 Å². The maximum Gasteiger partial charge on any atom is 0.414 e. The molecule has 8 aromatic rings. The molecule has 2 aliphatic rings. The van der Waals surface area contributed by atoms with Gasteiger partial charge in [0.2, 0.25) is 41.2 Å². The number of hydrogen-bond donors (Lipinski definition) is 6. The number of hydrogen-bond acceptors (Lipinski definition) is 13. The summed E-state index contributed by atoms with van der Waals surface area (Å²) in [6, 6.07) is 33.6. The Hall–Kier alpha value is -10.0. The third-order valence-corrected chi connectivity index (χ3v) is 15.6. The number of aromatic nitrogens is 4. The number of ether oxygens (including phenoxy) is 3. The van der Waals surface area contributed by atoms with E-state index in [1.165, 1.54) is 42.5 Å². The monoisotopic (exact) mass is 1260 g/mol. The molecule has 0 saturated carbocycles. The van der Waals surface area contributed by atoms with Crippen LogP contribution in [0, 0.1) is 0 Å². The molecule has 4 heterocycles. The van der Waals surface area contributed by atoms with Gasteiger partial charge in [-0.25, -0.2) is 14.8 Å². The zero-order valence-corrected chi connectivity index (χ0v) is 51.7. The van der Waals surface area contributed by atoms with Crippen molar-refractivity contribution >= 4 is 127 Å². The number of fused-ring (bicyclic) bond motifs is 6. The lowest BCUT2D eigenvalue weighted by Gasteiger charge is -2.25. The minimum atomic E-state index is -0.751. The number of carbonyl (C=O) groups is 8. The molecule has 8 amide bonds. The van der Waals surface area contributed by atoms with Crippen molar-refractivity contribution in [2.45, 2.75) is 71.2 Å². The van der Waals surface area contributed by atoms with Crippen LogP contribution in [-0.2, 0) is 56.0 Å². The Morgan fingerprint density at radius 2 is 1.04 bits per heavy atom. The van der Waals surface area contributed by atoms with Crippen LogP contribution in [0.2, 0.25) is 0 Å². The Labute approximate surface area is 527 Å². The quantitative estimate of drug-likeness (QED) is 0.0366. The number of aryl methyl sites for hydroxylation is 2. The first-order valence-electron chi connectivity index (χ1n) is 28.9. The van der Waals surface area contributed by atoms with Crippen LogP contribution in [-0.4, -0.2) is 110 Å². The summed E-state index contributed by atoms with van der Waals surface area (Å²) >= 11 is 13.0. The van der Waals surface area contributed by atoms with Gasteiger partial charge in [0.05, 0.1) is 24.5 Å². The Bertz CT molecular complexity index is 4110. The molecule has 0 bridgehead atoms. The smallest absolute Gasteiger partial charge is 0.414 e. The van der Waals surface area contributed by atoms with E-state index >= 15 is 0 Å². The fraction of sp³-hybridized carbons (Fsp3) is 0.292. The van der Waals surface area contributed by atoms with Crippen molar-refractivity contribution in [3.8, 4) is 11.5 Å². The Morgan fingerprint density at radius 3 is 1.57 bits per heavy atom. The van der Waals surface area contributed by atoms with Gasteiger partial charge in [0.25, 0.3) is 11.8 Å². The average Bonchev–Trinajstić information content (AvgIpc) is 1.54. The highest BCUT2D eigenvalue weighted by atomic mass is 35.5. The number of benzene rings is 6. The van der Waals surface area contributed by atoms with Crippen LogP contribution >= 0.6 is 23.2 Å². The van der Waals surface area contributed by atoms with E-state index in [-0.39, 0.29) is 85.4 Å². The molecule has 10 rings (SSSR count). The minimum absolute atomic E-state index is 0.0198. The number of halogens is 2. The van der Waals surface area contributed by atoms with Gasteiger partial charge in [0, 0.05) is 117 Å². The van der Waals surface area contributed by atoms with Crippen LogP contribution in [0.4, 0.5) is 39.2 Å². The highest BCUT2D eigenvalue weighted by Crippen LogP contribution is 2.48. The van der Waals surface area contributed by atoms with E-state index in [1.54, 1.807) is 60.9 Å². The summed E-state index contributed by atoms with van der Waals surface area (Å²) in [6.07, 6.45) is 1.86. The number of amides is 8.